The Hall–Kier alpha value is -1.44. The number of rotatable bonds is 4. The molecule has 3 rings (SSSR count). The average Bonchev–Trinajstić information content (AvgIpc) is 2.85. The highest BCUT2D eigenvalue weighted by Gasteiger charge is 2.35. The van der Waals surface area contributed by atoms with Crippen LogP contribution in [0.4, 0.5) is 0 Å². The van der Waals surface area contributed by atoms with E-state index in [9.17, 15) is 4.79 Å². The van der Waals surface area contributed by atoms with E-state index >= 15 is 0 Å². The molecule has 100 valence electrons. The first-order valence-electron chi connectivity index (χ1n) is 7.09. The molecule has 19 heavy (non-hydrogen) atoms. The molecule has 3 nitrogen and oxygen atoms in total. The van der Waals surface area contributed by atoms with E-state index in [1.807, 2.05) is 0 Å². The standard InChI is InChI=1S/C16H19NO2/c18-12-17-16(7-1-2-8-16)15-5-3-13(4-6-15)9-14-10-19-11-14/h3-6,14H,1-2,7-11H2. The van der Waals surface area contributed by atoms with Crippen molar-refractivity contribution < 1.29 is 9.53 Å². The van der Waals surface area contributed by atoms with Gasteiger partial charge < -0.3 is 4.74 Å². The molecule has 0 radical (unpaired) electrons. The average molecular weight is 257 g/mol. The molecule has 1 saturated carbocycles. The lowest BCUT2D eigenvalue weighted by atomic mass is 9.87. The van der Waals surface area contributed by atoms with Crippen LogP contribution < -0.4 is 0 Å². The summed E-state index contributed by atoms with van der Waals surface area (Å²) in [6, 6.07) is 8.63. The normalized spacial score (nSPS) is 21.7. The first-order chi connectivity index (χ1) is 9.32. The molecular formula is C16H19NO2. The summed E-state index contributed by atoms with van der Waals surface area (Å²) in [5.41, 5.74) is 2.22. The van der Waals surface area contributed by atoms with E-state index in [0.717, 1.165) is 45.3 Å². The molecule has 0 N–H and O–H groups in total. The predicted octanol–water partition coefficient (Wildman–Crippen LogP) is 2.98. The second-order valence-corrected chi connectivity index (χ2v) is 5.75. The molecule has 0 amide bonds. The molecule has 3 heteroatoms. The highest BCUT2D eigenvalue weighted by Crippen LogP contribution is 2.42. The van der Waals surface area contributed by atoms with Gasteiger partial charge in [-0.1, -0.05) is 37.1 Å². The van der Waals surface area contributed by atoms with Crippen molar-refractivity contribution in [3.05, 3.63) is 35.4 Å². The maximum absolute atomic E-state index is 10.7. The van der Waals surface area contributed by atoms with Gasteiger partial charge in [-0.2, -0.15) is 4.99 Å². The Kier molecular flexibility index (Phi) is 3.50. The van der Waals surface area contributed by atoms with Crippen LogP contribution in [0.3, 0.4) is 0 Å². The molecule has 1 aromatic carbocycles. The van der Waals surface area contributed by atoms with E-state index in [1.54, 1.807) is 6.08 Å². The van der Waals surface area contributed by atoms with Crippen LogP contribution in [-0.4, -0.2) is 19.3 Å². The van der Waals surface area contributed by atoms with Gasteiger partial charge in [0.05, 0.1) is 18.8 Å². The largest absolute Gasteiger partial charge is 0.381 e. The molecule has 0 unspecified atom stereocenters. The summed E-state index contributed by atoms with van der Waals surface area (Å²) in [5, 5.41) is 0. The molecule has 1 aliphatic heterocycles. The Morgan fingerprint density at radius 3 is 2.42 bits per heavy atom. The summed E-state index contributed by atoms with van der Waals surface area (Å²) in [5.74, 6) is 0.680. The quantitative estimate of drug-likeness (QED) is 0.614. The van der Waals surface area contributed by atoms with E-state index in [4.69, 9.17) is 4.74 Å². The van der Waals surface area contributed by atoms with Gasteiger partial charge in [-0.05, 0) is 30.4 Å². The van der Waals surface area contributed by atoms with Gasteiger partial charge in [0.25, 0.3) is 0 Å². The smallest absolute Gasteiger partial charge is 0.235 e. The minimum atomic E-state index is -0.292. The Morgan fingerprint density at radius 1 is 1.21 bits per heavy atom. The predicted molar refractivity (Wildman–Crippen MR) is 72.7 cm³/mol. The maximum atomic E-state index is 10.7. The second-order valence-electron chi connectivity index (χ2n) is 5.75. The molecule has 1 heterocycles. The summed E-state index contributed by atoms with van der Waals surface area (Å²) in [7, 11) is 0. The number of hydrogen-bond acceptors (Lipinski definition) is 3. The van der Waals surface area contributed by atoms with Crippen molar-refractivity contribution in [2.45, 2.75) is 37.6 Å². The van der Waals surface area contributed by atoms with Crippen LogP contribution in [0.25, 0.3) is 0 Å². The molecule has 1 saturated heterocycles. The molecule has 0 atom stereocenters. The summed E-state index contributed by atoms with van der Waals surface area (Å²) in [6.45, 7) is 1.78. The molecule has 0 spiro atoms. The molecule has 1 aromatic rings. The van der Waals surface area contributed by atoms with Crippen LogP contribution in [-0.2, 0) is 21.5 Å². The van der Waals surface area contributed by atoms with Gasteiger partial charge in [-0.25, -0.2) is 4.79 Å². The lowest BCUT2D eigenvalue weighted by Crippen LogP contribution is -2.29. The van der Waals surface area contributed by atoms with Crippen LogP contribution >= 0.6 is 0 Å². The number of ether oxygens (including phenoxy) is 1. The fourth-order valence-electron chi connectivity index (χ4n) is 3.20. The fraction of sp³-hybridized carbons (Fsp3) is 0.562. The summed E-state index contributed by atoms with van der Waals surface area (Å²) in [6.07, 6.45) is 7.09. The van der Waals surface area contributed by atoms with Crippen LogP contribution in [0, 0.1) is 5.92 Å². The third-order valence-electron chi connectivity index (χ3n) is 4.41. The second kappa shape index (κ2) is 5.28. The van der Waals surface area contributed by atoms with Crippen LogP contribution in [0.1, 0.15) is 36.8 Å². The van der Waals surface area contributed by atoms with Crippen LogP contribution in [0.15, 0.2) is 29.3 Å². The first kappa shape index (κ1) is 12.6. The number of benzene rings is 1. The van der Waals surface area contributed by atoms with Gasteiger partial charge in [-0.3, -0.25) is 0 Å². The monoisotopic (exact) mass is 257 g/mol. The third-order valence-corrected chi connectivity index (χ3v) is 4.41. The topological polar surface area (TPSA) is 38.7 Å². The fourth-order valence-corrected chi connectivity index (χ4v) is 3.20. The van der Waals surface area contributed by atoms with Crippen LogP contribution in [0.2, 0.25) is 0 Å². The van der Waals surface area contributed by atoms with E-state index < -0.39 is 0 Å². The molecule has 0 aromatic heterocycles. The van der Waals surface area contributed by atoms with Crippen molar-refractivity contribution >= 4 is 6.08 Å². The minimum absolute atomic E-state index is 0.292. The van der Waals surface area contributed by atoms with Crippen molar-refractivity contribution in [1.82, 2.24) is 0 Å². The lowest BCUT2D eigenvalue weighted by Gasteiger charge is -2.26. The number of hydrogen-bond donors (Lipinski definition) is 0. The molecule has 2 aliphatic rings. The summed E-state index contributed by atoms with van der Waals surface area (Å²) < 4.78 is 5.20. The van der Waals surface area contributed by atoms with Crippen LogP contribution in [0.5, 0.6) is 0 Å². The third kappa shape index (κ3) is 2.49. The Labute approximate surface area is 113 Å². The highest BCUT2D eigenvalue weighted by atomic mass is 16.5. The van der Waals surface area contributed by atoms with Gasteiger partial charge in [0.2, 0.25) is 6.08 Å². The van der Waals surface area contributed by atoms with Crippen molar-refractivity contribution in [3.63, 3.8) is 0 Å². The molecule has 0 bridgehead atoms. The maximum Gasteiger partial charge on any atom is 0.235 e. The van der Waals surface area contributed by atoms with E-state index in [-0.39, 0.29) is 5.54 Å². The first-order valence-corrected chi connectivity index (χ1v) is 7.09. The highest BCUT2D eigenvalue weighted by molar-refractivity contribution is 5.39. The van der Waals surface area contributed by atoms with Gasteiger partial charge >= 0.3 is 0 Å². The number of carbonyl (C=O) groups excluding carboxylic acids is 1. The summed E-state index contributed by atoms with van der Waals surface area (Å²) in [4.78, 5) is 14.8. The number of nitrogens with zero attached hydrogens (tertiary/aromatic N) is 1. The molecule has 1 aliphatic carbocycles. The van der Waals surface area contributed by atoms with Crippen molar-refractivity contribution in [1.29, 1.82) is 0 Å². The minimum Gasteiger partial charge on any atom is -0.381 e. The molecular weight excluding hydrogens is 238 g/mol. The van der Waals surface area contributed by atoms with E-state index in [1.165, 1.54) is 11.1 Å². The zero-order chi connectivity index (χ0) is 13.1. The number of aliphatic imine (C=N–C) groups is 1. The zero-order valence-corrected chi connectivity index (χ0v) is 11.1. The van der Waals surface area contributed by atoms with Gasteiger partial charge in [0.15, 0.2) is 0 Å². The van der Waals surface area contributed by atoms with Gasteiger partial charge in [0.1, 0.15) is 0 Å². The van der Waals surface area contributed by atoms with E-state index in [2.05, 4.69) is 29.3 Å². The Bertz CT molecular complexity index is 478. The number of isocyanates is 1. The van der Waals surface area contributed by atoms with Crippen molar-refractivity contribution in [2.75, 3.05) is 13.2 Å². The SMILES string of the molecule is O=C=NC1(c2ccc(CC3COC3)cc2)CCCC1. The van der Waals surface area contributed by atoms with Gasteiger partial charge in [-0.15, -0.1) is 0 Å². The lowest BCUT2D eigenvalue weighted by molar-refractivity contribution is -0.0312. The van der Waals surface area contributed by atoms with Crippen molar-refractivity contribution in [2.24, 2.45) is 10.9 Å². The Balaban J connectivity index is 1.78. The van der Waals surface area contributed by atoms with E-state index in [0.29, 0.717) is 5.92 Å². The van der Waals surface area contributed by atoms with Gasteiger partial charge in [0, 0.05) is 5.92 Å². The zero-order valence-electron chi connectivity index (χ0n) is 11.1. The van der Waals surface area contributed by atoms with Crippen molar-refractivity contribution in [3.8, 4) is 0 Å². The Morgan fingerprint density at radius 2 is 1.89 bits per heavy atom. The molecule has 2 fully saturated rings. The summed E-state index contributed by atoms with van der Waals surface area (Å²) >= 11 is 0.